The van der Waals surface area contributed by atoms with Crippen molar-refractivity contribution < 1.29 is 4.79 Å². The first-order valence-corrected chi connectivity index (χ1v) is 9.71. The van der Waals surface area contributed by atoms with E-state index in [0.717, 1.165) is 55.5 Å². The number of rotatable bonds is 6. The normalized spacial score (nSPS) is 16.2. The Balaban J connectivity index is 1.49. The number of nitrogens with zero attached hydrogens (tertiary/aromatic N) is 4. The Hall–Kier alpha value is -2.47. The number of hydrogen-bond donors (Lipinski definition) is 1. The molecule has 144 valence electrons. The third-order valence-corrected chi connectivity index (χ3v) is 4.94. The van der Waals surface area contributed by atoms with Gasteiger partial charge in [0.25, 0.3) is 0 Å². The van der Waals surface area contributed by atoms with Crippen molar-refractivity contribution in [2.45, 2.75) is 33.2 Å². The van der Waals surface area contributed by atoms with Gasteiger partial charge in [-0.1, -0.05) is 37.3 Å². The van der Waals surface area contributed by atoms with Gasteiger partial charge in [-0.25, -0.2) is 9.97 Å². The van der Waals surface area contributed by atoms with Gasteiger partial charge < -0.3 is 10.2 Å². The van der Waals surface area contributed by atoms with E-state index in [1.807, 2.05) is 50.2 Å². The van der Waals surface area contributed by atoms with Gasteiger partial charge in [-0.3, -0.25) is 9.69 Å². The van der Waals surface area contributed by atoms with Crippen LogP contribution in [0.1, 0.15) is 37.0 Å². The summed E-state index contributed by atoms with van der Waals surface area (Å²) in [4.78, 5) is 26.0. The molecule has 0 unspecified atom stereocenters. The second-order valence-corrected chi connectivity index (χ2v) is 7.10. The molecule has 3 rings (SSSR count). The summed E-state index contributed by atoms with van der Waals surface area (Å²) in [7, 11) is 0. The summed E-state index contributed by atoms with van der Waals surface area (Å²) in [6.07, 6.45) is 0.842. The van der Waals surface area contributed by atoms with E-state index in [-0.39, 0.29) is 11.9 Å². The fourth-order valence-corrected chi connectivity index (χ4v) is 3.38. The molecular formula is C21H29N5O. The highest BCUT2D eigenvalue weighted by atomic mass is 16.2. The summed E-state index contributed by atoms with van der Waals surface area (Å²) in [5, 5.41) is 3.09. The lowest BCUT2D eigenvalue weighted by Gasteiger charge is -2.35. The molecule has 1 fully saturated rings. The van der Waals surface area contributed by atoms with Crippen LogP contribution in [0.5, 0.6) is 0 Å². The van der Waals surface area contributed by atoms with Gasteiger partial charge in [0.1, 0.15) is 11.6 Å². The predicted octanol–water partition coefficient (Wildman–Crippen LogP) is 2.35. The highest BCUT2D eigenvalue weighted by molar-refractivity contribution is 5.78. The quantitative estimate of drug-likeness (QED) is 0.849. The average Bonchev–Trinajstić information content (AvgIpc) is 2.68. The molecule has 0 aliphatic carbocycles. The topological polar surface area (TPSA) is 61.4 Å². The van der Waals surface area contributed by atoms with Gasteiger partial charge in [0.15, 0.2) is 0 Å². The molecule has 1 amide bonds. The van der Waals surface area contributed by atoms with Crippen molar-refractivity contribution in [1.82, 2.24) is 20.2 Å². The van der Waals surface area contributed by atoms with E-state index in [0.29, 0.717) is 6.54 Å². The maximum Gasteiger partial charge on any atom is 0.234 e. The summed E-state index contributed by atoms with van der Waals surface area (Å²) in [6.45, 7) is 10.0. The lowest BCUT2D eigenvalue weighted by molar-refractivity contribution is -0.123. The summed E-state index contributed by atoms with van der Waals surface area (Å²) in [6, 6.07) is 12.1. The van der Waals surface area contributed by atoms with Crippen LogP contribution < -0.4 is 10.2 Å². The average molecular weight is 367 g/mol. The van der Waals surface area contributed by atoms with Crippen molar-refractivity contribution in [3.8, 4) is 0 Å². The fraction of sp³-hybridized carbons (Fsp3) is 0.476. The van der Waals surface area contributed by atoms with Crippen molar-refractivity contribution in [2.75, 3.05) is 37.6 Å². The zero-order valence-corrected chi connectivity index (χ0v) is 16.5. The van der Waals surface area contributed by atoms with Crippen LogP contribution in [0.3, 0.4) is 0 Å². The molecule has 2 aromatic rings. The Labute approximate surface area is 161 Å². The van der Waals surface area contributed by atoms with Gasteiger partial charge in [0.05, 0.1) is 12.6 Å². The monoisotopic (exact) mass is 367 g/mol. The molecule has 0 radical (unpaired) electrons. The second kappa shape index (κ2) is 8.95. The number of aromatic nitrogens is 2. The molecule has 2 heterocycles. The number of amides is 1. The number of nitrogens with one attached hydrogen (secondary N) is 1. The Morgan fingerprint density at radius 3 is 2.52 bits per heavy atom. The van der Waals surface area contributed by atoms with Crippen molar-refractivity contribution in [3.63, 3.8) is 0 Å². The number of hydrogen-bond acceptors (Lipinski definition) is 5. The summed E-state index contributed by atoms with van der Waals surface area (Å²) < 4.78 is 0. The number of anilines is 1. The van der Waals surface area contributed by atoms with Crippen molar-refractivity contribution in [1.29, 1.82) is 0 Å². The molecule has 6 heteroatoms. The molecular weight excluding hydrogens is 338 g/mol. The molecule has 1 aromatic carbocycles. The lowest BCUT2D eigenvalue weighted by Crippen LogP contribution is -2.50. The summed E-state index contributed by atoms with van der Waals surface area (Å²) >= 11 is 0. The van der Waals surface area contributed by atoms with Crippen LogP contribution in [0.4, 0.5) is 5.82 Å². The molecule has 0 bridgehead atoms. The van der Waals surface area contributed by atoms with Gasteiger partial charge in [-0.05, 0) is 19.4 Å². The zero-order valence-electron chi connectivity index (χ0n) is 16.5. The Bertz CT molecular complexity index is 756. The minimum Gasteiger partial charge on any atom is -0.354 e. The first kappa shape index (κ1) is 19.3. The largest absolute Gasteiger partial charge is 0.354 e. The Morgan fingerprint density at radius 2 is 1.85 bits per heavy atom. The number of piperazine rings is 1. The highest BCUT2D eigenvalue weighted by Crippen LogP contribution is 2.16. The van der Waals surface area contributed by atoms with Gasteiger partial charge in [-0.15, -0.1) is 0 Å². The van der Waals surface area contributed by atoms with E-state index in [1.165, 1.54) is 0 Å². The minimum absolute atomic E-state index is 0.0245. The molecule has 1 N–H and O–H groups in total. The van der Waals surface area contributed by atoms with Crippen LogP contribution in [0.25, 0.3) is 0 Å². The fourth-order valence-electron chi connectivity index (χ4n) is 3.38. The van der Waals surface area contributed by atoms with E-state index in [4.69, 9.17) is 0 Å². The van der Waals surface area contributed by atoms with Crippen LogP contribution in [-0.4, -0.2) is 53.5 Å². The van der Waals surface area contributed by atoms with Gasteiger partial charge in [0.2, 0.25) is 5.91 Å². The van der Waals surface area contributed by atoms with Crippen molar-refractivity contribution >= 4 is 11.7 Å². The number of carbonyl (C=O) groups is 1. The SMILES string of the molecule is CCc1nc(C)cc(N2CCN(CC(=O)N[C@@H](C)c3ccccc3)CC2)n1. The zero-order chi connectivity index (χ0) is 19.2. The van der Waals surface area contributed by atoms with E-state index < -0.39 is 0 Å². The predicted molar refractivity (Wildman–Crippen MR) is 108 cm³/mol. The van der Waals surface area contributed by atoms with Crippen LogP contribution in [0.2, 0.25) is 0 Å². The molecule has 1 aromatic heterocycles. The maximum absolute atomic E-state index is 12.4. The highest BCUT2D eigenvalue weighted by Gasteiger charge is 2.21. The Morgan fingerprint density at radius 1 is 1.15 bits per heavy atom. The van der Waals surface area contributed by atoms with Crippen LogP contribution in [0.15, 0.2) is 36.4 Å². The third kappa shape index (κ3) is 5.26. The standard InChI is InChI=1S/C21H29N5O/c1-4-19-22-16(2)14-20(24-19)26-12-10-25(11-13-26)15-21(27)23-17(3)18-8-6-5-7-9-18/h5-9,14,17H,4,10-13,15H2,1-3H3,(H,23,27)/t17-/m0/s1. The smallest absolute Gasteiger partial charge is 0.234 e. The summed E-state index contributed by atoms with van der Waals surface area (Å²) in [5.74, 6) is 1.97. The lowest BCUT2D eigenvalue weighted by atomic mass is 10.1. The minimum atomic E-state index is 0.0245. The number of benzene rings is 1. The van der Waals surface area contributed by atoms with E-state index >= 15 is 0 Å². The molecule has 1 aliphatic heterocycles. The molecule has 27 heavy (non-hydrogen) atoms. The molecule has 1 atom stereocenters. The van der Waals surface area contributed by atoms with Crippen LogP contribution >= 0.6 is 0 Å². The first-order chi connectivity index (χ1) is 13.0. The second-order valence-electron chi connectivity index (χ2n) is 7.10. The molecule has 1 saturated heterocycles. The van der Waals surface area contributed by atoms with E-state index in [1.54, 1.807) is 0 Å². The Kier molecular flexibility index (Phi) is 6.40. The summed E-state index contributed by atoms with van der Waals surface area (Å²) in [5.41, 5.74) is 2.13. The van der Waals surface area contributed by atoms with Gasteiger partial charge >= 0.3 is 0 Å². The van der Waals surface area contributed by atoms with E-state index in [9.17, 15) is 4.79 Å². The van der Waals surface area contributed by atoms with E-state index in [2.05, 4.69) is 32.0 Å². The molecule has 6 nitrogen and oxygen atoms in total. The van der Waals surface area contributed by atoms with Crippen molar-refractivity contribution in [2.24, 2.45) is 0 Å². The number of aryl methyl sites for hydroxylation is 2. The molecule has 0 saturated carbocycles. The maximum atomic E-state index is 12.4. The van der Waals surface area contributed by atoms with Crippen LogP contribution in [0, 0.1) is 6.92 Å². The van der Waals surface area contributed by atoms with Crippen LogP contribution in [-0.2, 0) is 11.2 Å². The van der Waals surface area contributed by atoms with Gasteiger partial charge in [0, 0.05) is 44.4 Å². The van der Waals surface area contributed by atoms with Gasteiger partial charge in [-0.2, -0.15) is 0 Å². The third-order valence-electron chi connectivity index (χ3n) is 4.94. The van der Waals surface area contributed by atoms with Crippen molar-refractivity contribution in [3.05, 3.63) is 53.5 Å². The first-order valence-electron chi connectivity index (χ1n) is 9.71. The number of carbonyl (C=O) groups excluding carboxylic acids is 1. The molecule has 0 spiro atoms. The molecule has 1 aliphatic rings.